The monoisotopic (exact) mass is 340 g/mol. The molecule has 1 aromatic carbocycles. The average Bonchev–Trinajstić information content (AvgIpc) is 3.16. The zero-order valence-electron chi connectivity index (χ0n) is 11.9. The van der Waals surface area contributed by atoms with Crippen molar-refractivity contribution in [2.75, 3.05) is 13.1 Å². The summed E-state index contributed by atoms with van der Waals surface area (Å²) in [5, 5.41) is 13.8. The summed E-state index contributed by atoms with van der Waals surface area (Å²) in [6.07, 6.45) is 3.82. The molecule has 5 nitrogen and oxygen atoms in total. The van der Waals surface area contributed by atoms with Crippen molar-refractivity contribution in [2.24, 2.45) is 0 Å². The number of amides is 1. The summed E-state index contributed by atoms with van der Waals surface area (Å²) >= 11 is 6.00. The average molecular weight is 341 g/mol. The molecule has 1 aliphatic rings. The van der Waals surface area contributed by atoms with Crippen LogP contribution in [0.4, 0.5) is 0 Å². The number of carbonyl (C=O) groups is 1. The molecule has 2 heterocycles. The van der Waals surface area contributed by atoms with Gasteiger partial charge in [-0.05, 0) is 31.5 Å². The number of carbonyl (C=O) groups excluding carboxylic acids is 1. The quantitative estimate of drug-likeness (QED) is 0.801. The molecule has 1 amide bonds. The Balaban J connectivity index is 0.00000176. The number of aromatic amines is 1. The lowest BCUT2D eigenvalue weighted by atomic mass is 10.1. The highest BCUT2D eigenvalue weighted by molar-refractivity contribution is 6.30. The highest BCUT2D eigenvalue weighted by Crippen LogP contribution is 2.23. The Morgan fingerprint density at radius 2 is 2.32 bits per heavy atom. The molecule has 3 N–H and O–H groups in total. The molecule has 0 bridgehead atoms. The van der Waals surface area contributed by atoms with E-state index in [1.807, 2.05) is 18.2 Å². The minimum absolute atomic E-state index is 0. The minimum Gasteiger partial charge on any atom is -0.350 e. The highest BCUT2D eigenvalue weighted by Gasteiger charge is 2.18. The fourth-order valence-electron chi connectivity index (χ4n) is 2.56. The van der Waals surface area contributed by atoms with Crippen LogP contribution in [0, 0.1) is 0 Å². The van der Waals surface area contributed by atoms with Crippen molar-refractivity contribution in [2.45, 2.75) is 18.9 Å². The first-order valence-electron chi connectivity index (χ1n) is 7.05. The summed E-state index contributed by atoms with van der Waals surface area (Å²) in [6.45, 7) is 1.67. The summed E-state index contributed by atoms with van der Waals surface area (Å²) in [7, 11) is 0. The molecule has 1 atom stereocenters. The van der Waals surface area contributed by atoms with Crippen molar-refractivity contribution < 1.29 is 4.79 Å². The predicted octanol–water partition coefficient (Wildman–Crippen LogP) is 2.63. The van der Waals surface area contributed by atoms with Gasteiger partial charge in [0, 0.05) is 23.2 Å². The second-order valence-electron chi connectivity index (χ2n) is 5.17. The topological polar surface area (TPSA) is 69.8 Å². The summed E-state index contributed by atoms with van der Waals surface area (Å²) in [4.78, 5) is 12.3. The van der Waals surface area contributed by atoms with Gasteiger partial charge < -0.3 is 10.6 Å². The molecule has 7 heteroatoms. The molecule has 1 aliphatic heterocycles. The molecule has 3 rings (SSSR count). The SMILES string of the molecule is Cl.O=C(NCC1CCCN1)c1cn[nH]c1-c1cccc(Cl)c1. The van der Waals surface area contributed by atoms with Crippen LogP contribution < -0.4 is 10.6 Å². The van der Waals surface area contributed by atoms with Gasteiger partial charge in [0.25, 0.3) is 5.91 Å². The molecule has 1 fully saturated rings. The first-order valence-corrected chi connectivity index (χ1v) is 7.43. The Kier molecular flexibility index (Phi) is 5.83. The van der Waals surface area contributed by atoms with E-state index in [9.17, 15) is 4.79 Å². The van der Waals surface area contributed by atoms with Gasteiger partial charge in [-0.2, -0.15) is 5.10 Å². The molecule has 0 aliphatic carbocycles. The van der Waals surface area contributed by atoms with E-state index in [2.05, 4.69) is 20.8 Å². The normalized spacial score (nSPS) is 17.0. The molecule has 0 radical (unpaired) electrons. The fourth-order valence-corrected chi connectivity index (χ4v) is 2.75. The van der Waals surface area contributed by atoms with Crippen LogP contribution in [0.3, 0.4) is 0 Å². The van der Waals surface area contributed by atoms with E-state index in [1.54, 1.807) is 12.3 Å². The maximum atomic E-state index is 12.3. The Morgan fingerprint density at radius 3 is 3.05 bits per heavy atom. The van der Waals surface area contributed by atoms with Crippen molar-refractivity contribution in [1.29, 1.82) is 0 Å². The second-order valence-corrected chi connectivity index (χ2v) is 5.61. The van der Waals surface area contributed by atoms with Gasteiger partial charge in [0.05, 0.1) is 17.5 Å². The van der Waals surface area contributed by atoms with Gasteiger partial charge >= 0.3 is 0 Å². The fraction of sp³-hybridized carbons (Fsp3) is 0.333. The van der Waals surface area contributed by atoms with Crippen LogP contribution in [-0.4, -0.2) is 35.2 Å². The van der Waals surface area contributed by atoms with Crippen molar-refractivity contribution in [3.05, 3.63) is 41.0 Å². The Bertz CT molecular complexity index is 638. The number of hydrogen-bond acceptors (Lipinski definition) is 3. The van der Waals surface area contributed by atoms with Crippen LogP contribution in [0.2, 0.25) is 5.02 Å². The van der Waals surface area contributed by atoms with Crippen molar-refractivity contribution in [3.8, 4) is 11.3 Å². The molecule has 0 spiro atoms. The van der Waals surface area contributed by atoms with Gasteiger partial charge in [-0.3, -0.25) is 9.89 Å². The molecular weight excluding hydrogens is 323 g/mol. The van der Waals surface area contributed by atoms with E-state index in [-0.39, 0.29) is 18.3 Å². The van der Waals surface area contributed by atoms with Crippen molar-refractivity contribution >= 4 is 29.9 Å². The molecule has 1 saturated heterocycles. The van der Waals surface area contributed by atoms with Crippen LogP contribution in [-0.2, 0) is 0 Å². The van der Waals surface area contributed by atoms with Crippen molar-refractivity contribution in [3.63, 3.8) is 0 Å². The lowest BCUT2D eigenvalue weighted by molar-refractivity contribution is 0.0951. The molecule has 1 aromatic heterocycles. The number of hydrogen-bond donors (Lipinski definition) is 3. The minimum atomic E-state index is -0.118. The largest absolute Gasteiger partial charge is 0.350 e. The highest BCUT2D eigenvalue weighted by atomic mass is 35.5. The molecule has 1 unspecified atom stereocenters. The van der Waals surface area contributed by atoms with Crippen LogP contribution in [0.1, 0.15) is 23.2 Å². The standard InChI is InChI=1S/C15H17ClN4O.ClH/c16-11-4-1-3-10(7-11)14-13(9-19-20-14)15(21)18-8-12-5-2-6-17-12;/h1,3-4,7,9,12,17H,2,5-6,8H2,(H,18,21)(H,19,20);1H. The first kappa shape index (κ1) is 16.8. The number of aromatic nitrogens is 2. The Morgan fingerprint density at radius 1 is 1.45 bits per heavy atom. The molecule has 0 saturated carbocycles. The summed E-state index contributed by atoms with van der Waals surface area (Å²) in [5.41, 5.74) is 2.08. The lowest BCUT2D eigenvalue weighted by Gasteiger charge is -2.11. The third kappa shape index (κ3) is 3.80. The summed E-state index contributed by atoms with van der Waals surface area (Å²) in [6, 6.07) is 7.73. The van der Waals surface area contributed by atoms with E-state index < -0.39 is 0 Å². The summed E-state index contributed by atoms with van der Waals surface area (Å²) < 4.78 is 0. The van der Waals surface area contributed by atoms with Gasteiger partial charge in [-0.25, -0.2) is 0 Å². The zero-order chi connectivity index (χ0) is 14.7. The maximum Gasteiger partial charge on any atom is 0.255 e. The van der Waals surface area contributed by atoms with E-state index >= 15 is 0 Å². The number of H-pyrrole nitrogens is 1. The third-order valence-electron chi connectivity index (χ3n) is 3.67. The van der Waals surface area contributed by atoms with Crippen LogP contribution in [0.25, 0.3) is 11.3 Å². The Labute approximate surface area is 140 Å². The van der Waals surface area contributed by atoms with Gasteiger partial charge in [0.1, 0.15) is 0 Å². The number of benzene rings is 1. The van der Waals surface area contributed by atoms with Gasteiger partial charge in [0.15, 0.2) is 0 Å². The van der Waals surface area contributed by atoms with Gasteiger partial charge in [0.2, 0.25) is 0 Å². The molecular formula is C15H18Cl2N4O. The van der Waals surface area contributed by atoms with E-state index in [0.29, 0.717) is 28.9 Å². The predicted molar refractivity (Wildman–Crippen MR) is 89.6 cm³/mol. The number of nitrogens with one attached hydrogen (secondary N) is 3. The smallest absolute Gasteiger partial charge is 0.255 e. The maximum absolute atomic E-state index is 12.3. The van der Waals surface area contributed by atoms with E-state index in [0.717, 1.165) is 18.5 Å². The molecule has 2 aromatic rings. The molecule has 118 valence electrons. The van der Waals surface area contributed by atoms with Crippen LogP contribution in [0.15, 0.2) is 30.5 Å². The van der Waals surface area contributed by atoms with Crippen LogP contribution >= 0.6 is 24.0 Å². The molecule has 22 heavy (non-hydrogen) atoms. The van der Waals surface area contributed by atoms with Gasteiger partial charge in [-0.15, -0.1) is 12.4 Å². The lowest BCUT2D eigenvalue weighted by Crippen LogP contribution is -2.37. The second kappa shape index (κ2) is 7.63. The Hall–Kier alpha value is -1.56. The van der Waals surface area contributed by atoms with Crippen molar-refractivity contribution in [1.82, 2.24) is 20.8 Å². The number of halogens is 2. The zero-order valence-corrected chi connectivity index (χ0v) is 13.5. The van der Waals surface area contributed by atoms with E-state index in [1.165, 1.54) is 6.42 Å². The third-order valence-corrected chi connectivity index (χ3v) is 3.90. The first-order chi connectivity index (χ1) is 10.2. The van der Waals surface area contributed by atoms with Gasteiger partial charge in [-0.1, -0.05) is 23.7 Å². The van der Waals surface area contributed by atoms with E-state index in [4.69, 9.17) is 11.6 Å². The number of nitrogens with zero attached hydrogens (tertiary/aromatic N) is 1. The van der Waals surface area contributed by atoms with Crippen LogP contribution in [0.5, 0.6) is 0 Å². The summed E-state index contributed by atoms with van der Waals surface area (Å²) in [5.74, 6) is -0.118. The number of rotatable bonds is 4.